The van der Waals surface area contributed by atoms with Gasteiger partial charge in [-0.2, -0.15) is 0 Å². The van der Waals surface area contributed by atoms with Crippen LogP contribution >= 0.6 is 0 Å². The van der Waals surface area contributed by atoms with E-state index in [9.17, 15) is 0 Å². The Morgan fingerprint density at radius 3 is 2.67 bits per heavy atom. The smallest absolute Gasteiger partial charge is 0.191 e. The molecule has 0 unspecified atom stereocenters. The van der Waals surface area contributed by atoms with Gasteiger partial charge in [0.15, 0.2) is 5.89 Å². The molecule has 0 aliphatic heterocycles. The monoisotopic (exact) mass is 127 g/mol. The highest BCUT2D eigenvalue weighted by atomic mass is 16.3. The van der Waals surface area contributed by atoms with Gasteiger partial charge in [-0.25, -0.2) is 4.98 Å². The van der Waals surface area contributed by atoms with Crippen LogP contribution in [0.5, 0.6) is 0 Å². The third-order valence-electron chi connectivity index (χ3n) is 1.06. The average Bonchev–Trinajstić information content (AvgIpc) is 2.14. The number of aliphatic hydroxyl groups excluding tert-OH is 1. The van der Waals surface area contributed by atoms with E-state index in [1.54, 1.807) is 13.8 Å². The molecule has 0 bridgehead atoms. The number of aromatic nitrogens is 1. The van der Waals surface area contributed by atoms with Crippen LogP contribution in [0.25, 0.3) is 0 Å². The van der Waals surface area contributed by atoms with E-state index in [2.05, 4.69) is 4.98 Å². The highest BCUT2D eigenvalue weighted by molar-refractivity contribution is 4.97. The number of aliphatic hydroxyl groups is 1. The van der Waals surface area contributed by atoms with Gasteiger partial charge in [0.1, 0.15) is 12.0 Å². The summed E-state index contributed by atoms with van der Waals surface area (Å²) in [6.45, 7) is 3.39. The molecule has 1 rings (SSSR count). The SMILES string of the molecule is Cc1nc([C@@H](C)O)co1. The minimum Gasteiger partial charge on any atom is -0.449 e. The zero-order chi connectivity index (χ0) is 6.85. The summed E-state index contributed by atoms with van der Waals surface area (Å²) in [4.78, 5) is 3.89. The van der Waals surface area contributed by atoms with Crippen molar-refractivity contribution in [3.05, 3.63) is 17.8 Å². The Hall–Kier alpha value is -0.830. The fourth-order valence-corrected chi connectivity index (χ4v) is 0.572. The topological polar surface area (TPSA) is 46.3 Å². The van der Waals surface area contributed by atoms with Crippen molar-refractivity contribution in [2.24, 2.45) is 0 Å². The van der Waals surface area contributed by atoms with Gasteiger partial charge in [0.25, 0.3) is 0 Å². The van der Waals surface area contributed by atoms with Crippen LogP contribution in [0, 0.1) is 6.92 Å². The molecule has 50 valence electrons. The Kier molecular flexibility index (Phi) is 1.53. The number of hydrogen-bond donors (Lipinski definition) is 1. The Morgan fingerprint density at radius 1 is 1.78 bits per heavy atom. The largest absolute Gasteiger partial charge is 0.449 e. The zero-order valence-corrected chi connectivity index (χ0v) is 5.46. The zero-order valence-electron chi connectivity index (χ0n) is 5.46. The second-order valence-electron chi connectivity index (χ2n) is 1.97. The van der Waals surface area contributed by atoms with Crippen LogP contribution in [-0.4, -0.2) is 10.1 Å². The van der Waals surface area contributed by atoms with Gasteiger partial charge < -0.3 is 9.52 Å². The minimum absolute atomic E-state index is 0.526. The third kappa shape index (κ3) is 1.29. The number of nitrogens with zero attached hydrogens (tertiary/aromatic N) is 1. The van der Waals surface area contributed by atoms with E-state index < -0.39 is 6.10 Å². The Labute approximate surface area is 53.3 Å². The van der Waals surface area contributed by atoms with Crippen molar-refractivity contribution in [2.75, 3.05) is 0 Å². The normalized spacial score (nSPS) is 13.7. The summed E-state index contributed by atoms with van der Waals surface area (Å²) in [5, 5.41) is 8.91. The van der Waals surface area contributed by atoms with E-state index in [-0.39, 0.29) is 0 Å². The first-order valence-electron chi connectivity index (χ1n) is 2.80. The van der Waals surface area contributed by atoms with E-state index in [1.807, 2.05) is 0 Å². The second kappa shape index (κ2) is 2.19. The maximum atomic E-state index is 8.91. The molecule has 0 aliphatic carbocycles. The highest BCUT2D eigenvalue weighted by Crippen LogP contribution is 2.09. The van der Waals surface area contributed by atoms with Crippen LogP contribution < -0.4 is 0 Å². The molecule has 0 saturated carbocycles. The van der Waals surface area contributed by atoms with Gasteiger partial charge in [-0.3, -0.25) is 0 Å². The van der Waals surface area contributed by atoms with Crippen molar-refractivity contribution in [1.29, 1.82) is 0 Å². The third-order valence-corrected chi connectivity index (χ3v) is 1.06. The van der Waals surface area contributed by atoms with E-state index in [0.29, 0.717) is 11.6 Å². The molecule has 0 saturated heterocycles. The van der Waals surface area contributed by atoms with Gasteiger partial charge in [0, 0.05) is 6.92 Å². The first kappa shape index (κ1) is 6.29. The molecule has 0 aliphatic rings. The summed E-state index contributed by atoms with van der Waals surface area (Å²) in [5.41, 5.74) is 0.590. The summed E-state index contributed by atoms with van der Waals surface area (Å²) in [6.07, 6.45) is 0.933. The highest BCUT2D eigenvalue weighted by Gasteiger charge is 2.03. The van der Waals surface area contributed by atoms with Crippen molar-refractivity contribution in [2.45, 2.75) is 20.0 Å². The number of rotatable bonds is 1. The van der Waals surface area contributed by atoms with Crippen LogP contribution in [0.4, 0.5) is 0 Å². The number of oxazole rings is 1. The number of aryl methyl sites for hydroxylation is 1. The summed E-state index contributed by atoms with van der Waals surface area (Å²) < 4.78 is 4.85. The molecule has 0 amide bonds. The van der Waals surface area contributed by atoms with Gasteiger partial charge in [0.05, 0.1) is 6.10 Å². The van der Waals surface area contributed by atoms with Crippen LogP contribution in [-0.2, 0) is 0 Å². The van der Waals surface area contributed by atoms with Gasteiger partial charge in [0.2, 0.25) is 0 Å². The molecular formula is C6H9NO2. The first-order valence-corrected chi connectivity index (χ1v) is 2.80. The summed E-state index contributed by atoms with van der Waals surface area (Å²) in [7, 11) is 0. The molecule has 0 spiro atoms. The van der Waals surface area contributed by atoms with Crippen LogP contribution in [0.2, 0.25) is 0 Å². The molecule has 1 heterocycles. The molecule has 3 heteroatoms. The van der Waals surface area contributed by atoms with Crippen LogP contribution in [0.3, 0.4) is 0 Å². The maximum Gasteiger partial charge on any atom is 0.191 e. The Morgan fingerprint density at radius 2 is 2.44 bits per heavy atom. The van der Waals surface area contributed by atoms with Crippen molar-refractivity contribution in [3.63, 3.8) is 0 Å². The second-order valence-corrected chi connectivity index (χ2v) is 1.97. The summed E-state index contributed by atoms with van der Waals surface area (Å²) in [5.74, 6) is 0.589. The van der Waals surface area contributed by atoms with E-state index in [0.717, 1.165) is 0 Å². The molecule has 9 heavy (non-hydrogen) atoms. The molecule has 0 aromatic carbocycles. The molecule has 1 atom stereocenters. The van der Waals surface area contributed by atoms with Crippen LogP contribution in [0.15, 0.2) is 10.7 Å². The predicted molar refractivity (Wildman–Crippen MR) is 31.9 cm³/mol. The fraction of sp³-hybridized carbons (Fsp3) is 0.500. The molecule has 1 aromatic rings. The standard InChI is InChI=1S/C6H9NO2/c1-4(8)6-3-9-5(2)7-6/h3-4,8H,1-2H3/t4-/m1/s1. The quantitative estimate of drug-likeness (QED) is 0.613. The molecule has 1 N–H and O–H groups in total. The fourth-order valence-electron chi connectivity index (χ4n) is 0.572. The first-order chi connectivity index (χ1) is 4.20. The molecule has 0 fully saturated rings. The molecule has 0 radical (unpaired) electrons. The van der Waals surface area contributed by atoms with Gasteiger partial charge >= 0.3 is 0 Å². The van der Waals surface area contributed by atoms with Crippen molar-refractivity contribution in [3.8, 4) is 0 Å². The van der Waals surface area contributed by atoms with Gasteiger partial charge in [-0.1, -0.05) is 0 Å². The lowest BCUT2D eigenvalue weighted by Crippen LogP contribution is -1.89. The Bertz CT molecular complexity index is 193. The van der Waals surface area contributed by atoms with Gasteiger partial charge in [-0.05, 0) is 6.92 Å². The molecule has 3 nitrogen and oxygen atoms in total. The van der Waals surface area contributed by atoms with E-state index in [1.165, 1.54) is 6.26 Å². The average molecular weight is 127 g/mol. The maximum absolute atomic E-state index is 8.91. The lowest BCUT2D eigenvalue weighted by molar-refractivity contribution is 0.194. The lowest BCUT2D eigenvalue weighted by Gasteiger charge is -1.92. The minimum atomic E-state index is -0.526. The van der Waals surface area contributed by atoms with Crippen LogP contribution in [0.1, 0.15) is 24.6 Å². The summed E-state index contributed by atoms with van der Waals surface area (Å²) in [6, 6.07) is 0. The van der Waals surface area contributed by atoms with Crippen molar-refractivity contribution in [1.82, 2.24) is 4.98 Å². The molecular weight excluding hydrogens is 118 g/mol. The predicted octanol–water partition coefficient (Wildman–Crippen LogP) is 1.04. The van der Waals surface area contributed by atoms with E-state index >= 15 is 0 Å². The molecule has 1 aromatic heterocycles. The van der Waals surface area contributed by atoms with E-state index in [4.69, 9.17) is 9.52 Å². The summed E-state index contributed by atoms with van der Waals surface area (Å²) >= 11 is 0. The van der Waals surface area contributed by atoms with Gasteiger partial charge in [-0.15, -0.1) is 0 Å². The van der Waals surface area contributed by atoms with Crippen molar-refractivity contribution < 1.29 is 9.52 Å². The number of hydrogen-bond acceptors (Lipinski definition) is 3. The van der Waals surface area contributed by atoms with Crippen molar-refractivity contribution >= 4 is 0 Å². The Balaban J connectivity index is 2.85. The lowest BCUT2D eigenvalue weighted by atomic mass is 10.3.